The van der Waals surface area contributed by atoms with Crippen molar-refractivity contribution in [3.8, 4) is 11.5 Å². The molecule has 7 nitrogen and oxygen atoms in total. The highest BCUT2D eigenvalue weighted by atomic mass is 32.2. The van der Waals surface area contributed by atoms with Crippen molar-refractivity contribution in [2.75, 3.05) is 17.9 Å². The molecule has 35 heavy (non-hydrogen) atoms. The number of anilines is 1. The smallest absolute Gasteiger partial charge is 0.261 e. The van der Waals surface area contributed by atoms with Gasteiger partial charge in [0, 0.05) is 5.69 Å². The number of amides is 1. The molecular weight excluding hydrogens is 464 g/mol. The number of carbonyl (C=O) groups is 1. The Morgan fingerprint density at radius 2 is 1.43 bits per heavy atom. The first-order valence-electron chi connectivity index (χ1n) is 11.4. The molecule has 0 saturated carbocycles. The van der Waals surface area contributed by atoms with Crippen LogP contribution >= 0.6 is 0 Å². The summed E-state index contributed by atoms with van der Waals surface area (Å²) in [6, 6.07) is 16.6. The van der Waals surface area contributed by atoms with Crippen LogP contribution in [-0.2, 0) is 14.8 Å². The Hall–Kier alpha value is -3.52. The molecule has 0 aromatic heterocycles. The lowest BCUT2D eigenvalue weighted by Crippen LogP contribution is -2.31. The minimum atomic E-state index is -3.77. The fraction of sp³-hybridized carbons (Fsp3) is 0.296. The first kappa shape index (κ1) is 26.1. The minimum Gasteiger partial charge on any atom is -0.494 e. The Labute approximate surface area is 207 Å². The van der Waals surface area contributed by atoms with E-state index in [4.69, 9.17) is 9.47 Å². The van der Waals surface area contributed by atoms with Crippen LogP contribution in [-0.4, -0.2) is 27.5 Å². The summed E-state index contributed by atoms with van der Waals surface area (Å²) in [5, 5.41) is 2.95. The van der Waals surface area contributed by atoms with E-state index in [0.29, 0.717) is 23.8 Å². The molecule has 0 unspecified atom stereocenters. The Morgan fingerprint density at radius 1 is 0.857 bits per heavy atom. The van der Waals surface area contributed by atoms with Crippen LogP contribution in [0.4, 0.5) is 5.69 Å². The average molecular weight is 497 g/mol. The molecule has 0 aliphatic heterocycles. The van der Waals surface area contributed by atoms with Gasteiger partial charge in [0.05, 0.1) is 17.5 Å². The van der Waals surface area contributed by atoms with E-state index in [1.54, 1.807) is 24.3 Å². The normalized spacial score (nSPS) is 12.0. The number of rotatable bonds is 10. The summed E-state index contributed by atoms with van der Waals surface area (Å²) < 4.78 is 38.8. The van der Waals surface area contributed by atoms with Gasteiger partial charge in [-0.2, -0.15) is 0 Å². The van der Waals surface area contributed by atoms with Gasteiger partial charge in [0.1, 0.15) is 11.5 Å². The number of hydrogen-bond donors (Lipinski definition) is 2. The summed E-state index contributed by atoms with van der Waals surface area (Å²) in [6.45, 7) is 10.3. The Kier molecular flexibility index (Phi) is 8.40. The number of nitrogens with one attached hydrogen (secondary N) is 2. The van der Waals surface area contributed by atoms with E-state index in [0.717, 1.165) is 11.1 Å². The van der Waals surface area contributed by atoms with Crippen molar-refractivity contribution in [3.63, 3.8) is 0 Å². The molecule has 0 aliphatic rings. The first-order valence-corrected chi connectivity index (χ1v) is 12.9. The number of aryl methyl sites for hydroxylation is 3. The highest BCUT2D eigenvalue weighted by molar-refractivity contribution is 7.92. The molecule has 3 aromatic rings. The molecule has 1 amide bonds. The topological polar surface area (TPSA) is 93.7 Å². The maximum atomic E-state index is 12.7. The molecule has 1 atom stereocenters. The van der Waals surface area contributed by atoms with E-state index in [-0.39, 0.29) is 23.5 Å². The van der Waals surface area contributed by atoms with Gasteiger partial charge in [-0.3, -0.25) is 9.52 Å². The van der Waals surface area contributed by atoms with Crippen LogP contribution in [0.2, 0.25) is 0 Å². The molecule has 0 heterocycles. The van der Waals surface area contributed by atoms with Gasteiger partial charge in [0.15, 0.2) is 6.61 Å². The maximum Gasteiger partial charge on any atom is 0.261 e. The van der Waals surface area contributed by atoms with Gasteiger partial charge in [0.25, 0.3) is 15.9 Å². The number of benzene rings is 3. The quantitative estimate of drug-likeness (QED) is 0.409. The van der Waals surface area contributed by atoms with E-state index in [1.807, 2.05) is 27.7 Å². The fourth-order valence-corrected chi connectivity index (χ4v) is 4.73. The standard InChI is InChI=1S/C27H32N2O5S/c1-6-33-23-9-7-22(8-10-23)29-35(31,32)25-13-11-24(12-14-25)34-17-27(30)28-21(5)26-16-19(3)18(2)15-20(26)4/h7-16,21,29H,6,17H2,1-5H3,(H,28,30)/t21-/m0/s1. The zero-order valence-corrected chi connectivity index (χ0v) is 21.5. The molecule has 0 radical (unpaired) electrons. The van der Waals surface area contributed by atoms with Gasteiger partial charge < -0.3 is 14.8 Å². The van der Waals surface area contributed by atoms with Crippen molar-refractivity contribution in [2.24, 2.45) is 0 Å². The summed E-state index contributed by atoms with van der Waals surface area (Å²) in [5.74, 6) is 0.804. The van der Waals surface area contributed by atoms with Crippen molar-refractivity contribution < 1.29 is 22.7 Å². The van der Waals surface area contributed by atoms with Gasteiger partial charge >= 0.3 is 0 Å². The molecule has 8 heteroatoms. The Balaban J connectivity index is 1.56. The summed E-state index contributed by atoms with van der Waals surface area (Å²) in [4.78, 5) is 12.5. The van der Waals surface area contributed by atoms with Gasteiger partial charge in [-0.05, 0) is 105 Å². The van der Waals surface area contributed by atoms with Crippen LogP contribution in [0.1, 0.15) is 42.1 Å². The van der Waals surface area contributed by atoms with Crippen molar-refractivity contribution >= 4 is 21.6 Å². The van der Waals surface area contributed by atoms with Crippen molar-refractivity contribution in [1.82, 2.24) is 5.32 Å². The number of hydrogen-bond acceptors (Lipinski definition) is 5. The molecule has 3 rings (SSSR count). The maximum absolute atomic E-state index is 12.7. The van der Waals surface area contributed by atoms with Crippen LogP contribution in [0.5, 0.6) is 11.5 Å². The van der Waals surface area contributed by atoms with Crippen molar-refractivity contribution in [3.05, 3.63) is 82.9 Å². The summed E-state index contributed by atoms with van der Waals surface area (Å²) in [7, 11) is -3.77. The number of ether oxygens (including phenoxy) is 2. The van der Waals surface area contributed by atoms with Gasteiger partial charge in [-0.25, -0.2) is 8.42 Å². The number of sulfonamides is 1. The Bertz CT molecular complexity index is 1270. The fourth-order valence-electron chi connectivity index (χ4n) is 3.67. The second-order valence-electron chi connectivity index (χ2n) is 8.41. The van der Waals surface area contributed by atoms with Crippen LogP contribution in [0.15, 0.2) is 65.6 Å². The van der Waals surface area contributed by atoms with Crippen LogP contribution in [0.3, 0.4) is 0 Å². The van der Waals surface area contributed by atoms with E-state index < -0.39 is 10.0 Å². The molecule has 0 aliphatic carbocycles. The highest BCUT2D eigenvalue weighted by Crippen LogP contribution is 2.23. The van der Waals surface area contributed by atoms with E-state index in [1.165, 1.54) is 35.4 Å². The Morgan fingerprint density at radius 3 is 2.06 bits per heavy atom. The molecular formula is C27H32N2O5S. The van der Waals surface area contributed by atoms with Gasteiger partial charge in [0.2, 0.25) is 0 Å². The highest BCUT2D eigenvalue weighted by Gasteiger charge is 2.16. The second kappa shape index (κ2) is 11.3. The van der Waals surface area contributed by atoms with Crippen LogP contribution in [0.25, 0.3) is 0 Å². The third-order valence-corrected chi connectivity index (χ3v) is 7.05. The van der Waals surface area contributed by atoms with Crippen LogP contribution < -0.4 is 19.5 Å². The zero-order chi connectivity index (χ0) is 25.6. The largest absolute Gasteiger partial charge is 0.494 e. The lowest BCUT2D eigenvalue weighted by Gasteiger charge is -2.18. The first-order chi connectivity index (χ1) is 16.6. The summed E-state index contributed by atoms with van der Waals surface area (Å²) >= 11 is 0. The molecule has 0 fully saturated rings. The molecule has 3 aromatic carbocycles. The molecule has 186 valence electrons. The van der Waals surface area contributed by atoms with Gasteiger partial charge in [-0.1, -0.05) is 12.1 Å². The zero-order valence-electron chi connectivity index (χ0n) is 20.7. The van der Waals surface area contributed by atoms with Crippen molar-refractivity contribution in [1.29, 1.82) is 0 Å². The average Bonchev–Trinajstić information content (AvgIpc) is 2.81. The van der Waals surface area contributed by atoms with E-state index >= 15 is 0 Å². The summed E-state index contributed by atoms with van der Waals surface area (Å²) in [5.41, 5.74) is 5.01. The molecule has 2 N–H and O–H groups in total. The summed E-state index contributed by atoms with van der Waals surface area (Å²) in [6.07, 6.45) is 0. The monoisotopic (exact) mass is 496 g/mol. The van der Waals surface area contributed by atoms with Crippen molar-refractivity contribution in [2.45, 2.75) is 45.6 Å². The molecule has 0 bridgehead atoms. The molecule has 0 spiro atoms. The lowest BCUT2D eigenvalue weighted by molar-refractivity contribution is -0.123. The second-order valence-corrected chi connectivity index (χ2v) is 10.1. The lowest BCUT2D eigenvalue weighted by atomic mass is 9.96. The predicted octanol–water partition coefficient (Wildman–Crippen LogP) is 5.07. The van der Waals surface area contributed by atoms with Crippen LogP contribution in [0, 0.1) is 20.8 Å². The third-order valence-electron chi connectivity index (χ3n) is 5.65. The minimum absolute atomic E-state index is 0.0852. The van der Waals surface area contributed by atoms with E-state index in [9.17, 15) is 13.2 Å². The SMILES string of the molecule is CCOc1ccc(NS(=O)(=O)c2ccc(OCC(=O)N[C@@H](C)c3cc(C)c(C)cc3C)cc2)cc1. The third kappa shape index (κ3) is 6.99. The number of carbonyl (C=O) groups excluding carboxylic acids is 1. The van der Waals surface area contributed by atoms with Gasteiger partial charge in [-0.15, -0.1) is 0 Å². The predicted molar refractivity (Wildman–Crippen MR) is 138 cm³/mol. The molecule has 0 saturated heterocycles. The van der Waals surface area contributed by atoms with E-state index in [2.05, 4.69) is 29.1 Å².